The van der Waals surface area contributed by atoms with Crippen LogP contribution in [-0.4, -0.2) is 37.1 Å². The van der Waals surface area contributed by atoms with E-state index in [1.54, 1.807) is 18.3 Å². The second-order valence-electron chi connectivity index (χ2n) is 5.54. The molecule has 1 heterocycles. The molecule has 1 N–H and O–H groups in total. The van der Waals surface area contributed by atoms with Gasteiger partial charge >= 0.3 is 5.97 Å². The first kappa shape index (κ1) is 18.4. The van der Waals surface area contributed by atoms with E-state index >= 15 is 0 Å². The third-order valence-corrected chi connectivity index (χ3v) is 3.75. The smallest absolute Gasteiger partial charge is 0.328 e. The number of pyridine rings is 1. The maximum Gasteiger partial charge on any atom is 0.328 e. The minimum absolute atomic E-state index is 0.194. The molecule has 0 saturated heterocycles. The van der Waals surface area contributed by atoms with Crippen molar-refractivity contribution in [3.63, 3.8) is 0 Å². The van der Waals surface area contributed by atoms with Gasteiger partial charge in [0.15, 0.2) is 0 Å². The highest BCUT2D eigenvalue weighted by Crippen LogP contribution is 2.10. The molecule has 25 heavy (non-hydrogen) atoms. The Labute approximate surface area is 147 Å². The SMILES string of the molecule is COC(=O)[C@@H](Cc1ccc(OC)nc1)NC(=O)CCc1ccccc1. The van der Waals surface area contributed by atoms with Crippen LogP contribution in [0.1, 0.15) is 17.5 Å². The van der Waals surface area contributed by atoms with Crippen molar-refractivity contribution >= 4 is 11.9 Å². The standard InChI is InChI=1S/C19H22N2O4/c1-24-18-11-9-15(13-20-18)12-16(19(23)25-2)21-17(22)10-8-14-6-4-3-5-7-14/h3-7,9,11,13,16H,8,10,12H2,1-2H3,(H,21,22)/t16-/m1/s1. The molecule has 0 saturated carbocycles. The van der Waals surface area contributed by atoms with Crippen molar-refractivity contribution in [3.8, 4) is 5.88 Å². The van der Waals surface area contributed by atoms with Crippen LogP contribution in [0.4, 0.5) is 0 Å². The molecule has 0 unspecified atom stereocenters. The maximum atomic E-state index is 12.2. The Morgan fingerprint density at radius 1 is 1.08 bits per heavy atom. The Kier molecular flexibility index (Phi) is 6.95. The molecule has 0 aliphatic heterocycles. The molecule has 0 fully saturated rings. The second-order valence-corrected chi connectivity index (χ2v) is 5.54. The van der Waals surface area contributed by atoms with Crippen LogP contribution in [0, 0.1) is 0 Å². The van der Waals surface area contributed by atoms with Crippen molar-refractivity contribution in [1.82, 2.24) is 10.3 Å². The lowest BCUT2D eigenvalue weighted by Gasteiger charge is -2.16. The Hall–Kier alpha value is -2.89. The minimum Gasteiger partial charge on any atom is -0.481 e. The fourth-order valence-corrected chi connectivity index (χ4v) is 2.39. The lowest BCUT2D eigenvalue weighted by molar-refractivity contribution is -0.145. The lowest BCUT2D eigenvalue weighted by Crippen LogP contribution is -2.43. The number of nitrogens with one attached hydrogen (secondary N) is 1. The normalized spacial score (nSPS) is 11.4. The number of aryl methyl sites for hydroxylation is 1. The van der Waals surface area contributed by atoms with E-state index in [1.807, 2.05) is 30.3 Å². The predicted molar refractivity (Wildman–Crippen MR) is 93.2 cm³/mol. The second kappa shape index (κ2) is 9.42. The highest BCUT2D eigenvalue weighted by molar-refractivity contribution is 5.84. The summed E-state index contributed by atoms with van der Waals surface area (Å²) < 4.78 is 9.80. The zero-order chi connectivity index (χ0) is 18.1. The summed E-state index contributed by atoms with van der Waals surface area (Å²) in [6.45, 7) is 0. The molecule has 132 valence electrons. The third kappa shape index (κ3) is 5.91. The highest BCUT2D eigenvalue weighted by Gasteiger charge is 2.22. The van der Waals surface area contributed by atoms with Crippen LogP contribution in [0.25, 0.3) is 0 Å². The number of esters is 1. The number of hydrogen-bond donors (Lipinski definition) is 1. The van der Waals surface area contributed by atoms with Gasteiger partial charge in [0.2, 0.25) is 11.8 Å². The Bertz CT molecular complexity index is 686. The van der Waals surface area contributed by atoms with Gasteiger partial charge in [0.1, 0.15) is 6.04 Å². The van der Waals surface area contributed by atoms with Crippen molar-refractivity contribution in [2.75, 3.05) is 14.2 Å². The number of amides is 1. The van der Waals surface area contributed by atoms with Crippen LogP contribution in [0.2, 0.25) is 0 Å². The fourth-order valence-electron chi connectivity index (χ4n) is 2.39. The van der Waals surface area contributed by atoms with E-state index in [2.05, 4.69) is 10.3 Å². The zero-order valence-corrected chi connectivity index (χ0v) is 14.4. The van der Waals surface area contributed by atoms with Crippen molar-refractivity contribution < 1.29 is 19.1 Å². The molecule has 6 nitrogen and oxygen atoms in total. The van der Waals surface area contributed by atoms with E-state index in [-0.39, 0.29) is 5.91 Å². The van der Waals surface area contributed by atoms with Crippen molar-refractivity contribution in [2.24, 2.45) is 0 Å². The van der Waals surface area contributed by atoms with Gasteiger partial charge in [-0.1, -0.05) is 36.4 Å². The molecule has 1 aromatic heterocycles. The number of benzene rings is 1. The number of aromatic nitrogens is 1. The molecule has 0 spiro atoms. The molecule has 0 aliphatic rings. The quantitative estimate of drug-likeness (QED) is 0.742. The lowest BCUT2D eigenvalue weighted by atomic mass is 10.1. The number of ether oxygens (including phenoxy) is 2. The van der Waals surface area contributed by atoms with Gasteiger partial charge in [0, 0.05) is 25.1 Å². The topological polar surface area (TPSA) is 77.5 Å². The van der Waals surface area contributed by atoms with E-state index in [0.717, 1.165) is 11.1 Å². The summed E-state index contributed by atoms with van der Waals surface area (Å²) in [5.74, 6) is -0.185. The van der Waals surface area contributed by atoms with Crippen LogP contribution in [-0.2, 0) is 27.2 Å². The van der Waals surface area contributed by atoms with Crippen molar-refractivity contribution in [3.05, 3.63) is 59.8 Å². The fraction of sp³-hybridized carbons (Fsp3) is 0.316. The van der Waals surface area contributed by atoms with Crippen LogP contribution >= 0.6 is 0 Å². The van der Waals surface area contributed by atoms with Crippen molar-refractivity contribution in [1.29, 1.82) is 0 Å². The van der Waals surface area contributed by atoms with Crippen LogP contribution < -0.4 is 10.1 Å². The molecule has 1 amide bonds. The molecule has 1 aromatic carbocycles. The summed E-state index contributed by atoms with van der Waals surface area (Å²) >= 11 is 0. The molecular weight excluding hydrogens is 320 g/mol. The Morgan fingerprint density at radius 2 is 1.84 bits per heavy atom. The largest absolute Gasteiger partial charge is 0.481 e. The Balaban J connectivity index is 1.94. The van der Waals surface area contributed by atoms with Crippen LogP contribution in [0.3, 0.4) is 0 Å². The Morgan fingerprint density at radius 3 is 2.44 bits per heavy atom. The van der Waals surface area contributed by atoms with Crippen LogP contribution in [0.15, 0.2) is 48.7 Å². The minimum atomic E-state index is -0.747. The van der Waals surface area contributed by atoms with Crippen molar-refractivity contribution in [2.45, 2.75) is 25.3 Å². The maximum absolute atomic E-state index is 12.2. The first-order chi connectivity index (χ1) is 12.1. The summed E-state index contributed by atoms with van der Waals surface area (Å²) in [6.07, 6.45) is 2.84. The van der Waals surface area contributed by atoms with Gasteiger partial charge in [-0.15, -0.1) is 0 Å². The first-order valence-corrected chi connectivity index (χ1v) is 8.02. The molecule has 0 bridgehead atoms. The van der Waals surface area contributed by atoms with Gasteiger partial charge in [-0.3, -0.25) is 4.79 Å². The number of carbonyl (C=O) groups is 2. The van der Waals surface area contributed by atoms with Crippen LogP contribution in [0.5, 0.6) is 5.88 Å². The van der Waals surface area contributed by atoms with Gasteiger partial charge in [-0.2, -0.15) is 0 Å². The average Bonchev–Trinajstić information content (AvgIpc) is 2.66. The van der Waals surface area contributed by atoms with E-state index in [9.17, 15) is 9.59 Å². The third-order valence-electron chi connectivity index (χ3n) is 3.75. The molecule has 0 radical (unpaired) electrons. The molecular formula is C19H22N2O4. The van der Waals surface area contributed by atoms with E-state index in [0.29, 0.717) is 25.1 Å². The highest BCUT2D eigenvalue weighted by atomic mass is 16.5. The summed E-state index contributed by atoms with van der Waals surface area (Å²) in [6, 6.07) is 12.5. The summed E-state index contributed by atoms with van der Waals surface area (Å²) in [4.78, 5) is 28.3. The molecule has 6 heteroatoms. The number of carbonyl (C=O) groups excluding carboxylic acids is 2. The van der Waals surface area contributed by atoms with Gasteiger partial charge in [0.05, 0.1) is 14.2 Å². The zero-order valence-electron chi connectivity index (χ0n) is 14.4. The number of hydrogen-bond acceptors (Lipinski definition) is 5. The van der Waals surface area contributed by atoms with Gasteiger partial charge in [0.25, 0.3) is 0 Å². The van der Waals surface area contributed by atoms with E-state index in [4.69, 9.17) is 9.47 Å². The summed E-state index contributed by atoms with van der Waals surface area (Å²) in [5, 5.41) is 2.74. The number of nitrogens with zero attached hydrogens (tertiary/aromatic N) is 1. The molecule has 0 aliphatic carbocycles. The van der Waals surface area contributed by atoms with Gasteiger partial charge in [-0.25, -0.2) is 9.78 Å². The number of methoxy groups -OCH3 is 2. The monoisotopic (exact) mass is 342 g/mol. The molecule has 1 atom stereocenters. The first-order valence-electron chi connectivity index (χ1n) is 8.02. The number of rotatable bonds is 8. The molecule has 2 aromatic rings. The summed E-state index contributed by atoms with van der Waals surface area (Å²) in [5.41, 5.74) is 1.88. The van der Waals surface area contributed by atoms with Gasteiger partial charge < -0.3 is 14.8 Å². The summed E-state index contributed by atoms with van der Waals surface area (Å²) in [7, 11) is 2.84. The van der Waals surface area contributed by atoms with E-state index < -0.39 is 12.0 Å². The average molecular weight is 342 g/mol. The van der Waals surface area contributed by atoms with E-state index in [1.165, 1.54) is 14.2 Å². The van der Waals surface area contributed by atoms with Gasteiger partial charge in [-0.05, 0) is 17.5 Å². The predicted octanol–water partition coefficient (Wildman–Crippen LogP) is 1.92. The molecule has 2 rings (SSSR count).